The maximum absolute atomic E-state index is 11.9. The molecule has 1 aliphatic rings. The van der Waals surface area contributed by atoms with Crippen molar-refractivity contribution in [2.75, 3.05) is 0 Å². The highest BCUT2D eigenvalue weighted by molar-refractivity contribution is 5.90. The molecule has 1 aromatic carbocycles. The number of fused-ring (bicyclic) bond motifs is 1. The molecule has 1 aliphatic heterocycles. The maximum atomic E-state index is 11.9. The predicted octanol–water partition coefficient (Wildman–Crippen LogP) is 1.61. The molecule has 22 heavy (non-hydrogen) atoms. The monoisotopic (exact) mass is 302 g/mol. The molecule has 0 aromatic heterocycles. The highest BCUT2D eigenvalue weighted by Crippen LogP contribution is 2.28. The van der Waals surface area contributed by atoms with Crippen molar-refractivity contribution in [3.63, 3.8) is 0 Å². The van der Waals surface area contributed by atoms with E-state index in [1.54, 1.807) is 6.21 Å². The van der Waals surface area contributed by atoms with Gasteiger partial charge in [0.15, 0.2) is 6.04 Å². The van der Waals surface area contributed by atoms with Crippen LogP contribution in [0.5, 0.6) is 5.75 Å². The Hall–Kier alpha value is -2.14. The lowest BCUT2D eigenvalue weighted by Gasteiger charge is -2.22. The van der Waals surface area contributed by atoms with E-state index in [2.05, 4.69) is 16.3 Å². The van der Waals surface area contributed by atoms with Gasteiger partial charge >= 0.3 is 0 Å². The summed E-state index contributed by atoms with van der Waals surface area (Å²) >= 11 is 0. The van der Waals surface area contributed by atoms with E-state index in [1.807, 2.05) is 51.1 Å². The number of rotatable bonds is 5. The molecule has 4 N–H and O–H groups in total. The summed E-state index contributed by atoms with van der Waals surface area (Å²) in [4.78, 5) is 11.9. The van der Waals surface area contributed by atoms with Crippen molar-refractivity contribution >= 4 is 18.2 Å². The van der Waals surface area contributed by atoms with Gasteiger partial charge in [-0.15, -0.1) is 0 Å². The minimum Gasteiger partial charge on any atom is -0.485 e. The summed E-state index contributed by atoms with van der Waals surface area (Å²) in [6.45, 7) is 6.01. The predicted molar refractivity (Wildman–Crippen MR) is 87.3 cm³/mol. The second kappa shape index (κ2) is 7.22. The number of ether oxygens (including phenoxy) is 1. The number of hydrazone groups is 1. The first-order chi connectivity index (χ1) is 10.5. The van der Waals surface area contributed by atoms with Gasteiger partial charge < -0.3 is 10.5 Å². The Morgan fingerprint density at radius 2 is 2.23 bits per heavy atom. The van der Waals surface area contributed by atoms with Gasteiger partial charge in [-0.05, 0) is 25.5 Å². The topological polar surface area (TPSA) is 78.3 Å². The summed E-state index contributed by atoms with van der Waals surface area (Å²) in [5, 5.41) is 4.04. The van der Waals surface area contributed by atoms with Gasteiger partial charge in [-0.25, -0.2) is 5.43 Å². The fourth-order valence-corrected chi connectivity index (χ4v) is 2.20. The van der Waals surface area contributed by atoms with E-state index in [9.17, 15) is 4.79 Å². The summed E-state index contributed by atoms with van der Waals surface area (Å²) in [6, 6.07) is 7.55. The van der Waals surface area contributed by atoms with Crippen LogP contribution in [-0.4, -0.2) is 24.3 Å². The molecule has 3 atom stereocenters. The zero-order valence-electron chi connectivity index (χ0n) is 13.4. The second-order valence-electron chi connectivity index (χ2n) is 5.67. The van der Waals surface area contributed by atoms with Crippen LogP contribution in [0.1, 0.15) is 32.8 Å². The third-order valence-corrected chi connectivity index (χ3v) is 4.07. The number of benzene rings is 1. The fourth-order valence-electron chi connectivity index (χ4n) is 2.20. The first-order valence-electron chi connectivity index (χ1n) is 7.66. The summed E-state index contributed by atoms with van der Waals surface area (Å²) in [5.74, 6) is 0.944. The molecule has 5 nitrogen and oxygen atoms in total. The van der Waals surface area contributed by atoms with Crippen LogP contribution in [-0.2, 0) is 4.79 Å². The van der Waals surface area contributed by atoms with Gasteiger partial charge in [-0.2, -0.15) is 5.10 Å². The van der Waals surface area contributed by atoms with Gasteiger partial charge in [-0.3, -0.25) is 4.79 Å². The van der Waals surface area contributed by atoms with E-state index in [4.69, 9.17) is 4.74 Å². The van der Waals surface area contributed by atoms with Crippen molar-refractivity contribution in [1.82, 2.24) is 5.43 Å². The molecular weight excluding hydrogens is 278 g/mol. The van der Waals surface area contributed by atoms with E-state index in [-0.39, 0.29) is 24.0 Å². The first kappa shape index (κ1) is 16.2. The molecule has 1 heterocycles. The molecule has 0 spiro atoms. The normalized spacial score (nSPS) is 19.8. The summed E-state index contributed by atoms with van der Waals surface area (Å²) in [6.07, 6.45) is 4.48. The van der Waals surface area contributed by atoms with E-state index < -0.39 is 0 Å². The van der Waals surface area contributed by atoms with Gasteiger partial charge in [-0.1, -0.05) is 32.0 Å². The Morgan fingerprint density at radius 1 is 1.50 bits per heavy atom. The SMILES string of the molecule is CC[C@@H](C)[C@@H]([NH3+])C(=O)N/N=C\C1=Cc2ccccc2O[C@H]1C. The smallest absolute Gasteiger partial charge is 0.298 e. The number of nitrogens with one attached hydrogen (secondary N) is 1. The molecule has 0 radical (unpaired) electrons. The Balaban J connectivity index is 2.01. The molecule has 0 bridgehead atoms. The number of nitrogens with zero attached hydrogens (tertiary/aromatic N) is 1. The number of amides is 1. The quantitative estimate of drug-likeness (QED) is 0.640. The molecule has 1 amide bonds. The molecule has 0 saturated heterocycles. The van der Waals surface area contributed by atoms with Crippen LogP contribution >= 0.6 is 0 Å². The molecule has 0 unspecified atom stereocenters. The number of quaternary nitrogens is 1. The number of carbonyl (C=O) groups excluding carboxylic acids is 1. The van der Waals surface area contributed by atoms with Gasteiger partial charge in [0.2, 0.25) is 0 Å². The van der Waals surface area contributed by atoms with E-state index in [1.165, 1.54) is 0 Å². The molecule has 2 rings (SSSR count). The second-order valence-corrected chi connectivity index (χ2v) is 5.67. The van der Waals surface area contributed by atoms with Gasteiger partial charge in [0.05, 0.1) is 6.21 Å². The first-order valence-corrected chi connectivity index (χ1v) is 7.66. The van der Waals surface area contributed by atoms with E-state index >= 15 is 0 Å². The average molecular weight is 302 g/mol. The summed E-state index contributed by atoms with van der Waals surface area (Å²) in [7, 11) is 0. The lowest BCUT2D eigenvalue weighted by molar-refractivity contribution is -0.415. The zero-order chi connectivity index (χ0) is 16.1. The summed E-state index contributed by atoms with van der Waals surface area (Å²) in [5.41, 5.74) is 8.39. The van der Waals surface area contributed by atoms with Crippen LogP contribution < -0.4 is 15.9 Å². The van der Waals surface area contributed by atoms with Crippen molar-refractivity contribution < 1.29 is 15.3 Å². The Labute approximate surface area is 131 Å². The van der Waals surface area contributed by atoms with Gasteiger partial charge in [0, 0.05) is 17.1 Å². The molecule has 0 aliphatic carbocycles. The van der Waals surface area contributed by atoms with Crippen LogP contribution in [0.25, 0.3) is 6.08 Å². The van der Waals surface area contributed by atoms with Crippen molar-refractivity contribution in [2.45, 2.75) is 39.3 Å². The zero-order valence-corrected chi connectivity index (χ0v) is 13.4. The number of carbonyl (C=O) groups is 1. The van der Waals surface area contributed by atoms with E-state index in [0.717, 1.165) is 23.3 Å². The van der Waals surface area contributed by atoms with Crippen molar-refractivity contribution in [3.05, 3.63) is 35.4 Å². The van der Waals surface area contributed by atoms with Gasteiger partial charge in [0.1, 0.15) is 11.9 Å². The van der Waals surface area contributed by atoms with Crippen LogP contribution in [0.2, 0.25) is 0 Å². The lowest BCUT2D eigenvalue weighted by Crippen LogP contribution is -2.69. The van der Waals surface area contributed by atoms with Crippen molar-refractivity contribution in [3.8, 4) is 5.75 Å². The third-order valence-electron chi connectivity index (χ3n) is 4.07. The minimum atomic E-state index is -0.295. The molecule has 1 aromatic rings. The van der Waals surface area contributed by atoms with Crippen molar-refractivity contribution in [2.24, 2.45) is 11.0 Å². The van der Waals surface area contributed by atoms with Crippen LogP contribution in [0.3, 0.4) is 0 Å². The Morgan fingerprint density at radius 3 is 2.95 bits per heavy atom. The highest BCUT2D eigenvalue weighted by Gasteiger charge is 2.23. The highest BCUT2D eigenvalue weighted by atomic mass is 16.5. The molecular formula is C17H24N3O2+. The average Bonchev–Trinajstić information content (AvgIpc) is 2.53. The van der Waals surface area contributed by atoms with Crippen molar-refractivity contribution in [1.29, 1.82) is 0 Å². The molecule has 0 saturated carbocycles. The third kappa shape index (κ3) is 3.74. The largest absolute Gasteiger partial charge is 0.485 e. The summed E-state index contributed by atoms with van der Waals surface area (Å²) < 4.78 is 5.82. The van der Waals surface area contributed by atoms with Crippen LogP contribution in [0.15, 0.2) is 34.9 Å². The van der Waals surface area contributed by atoms with Crippen LogP contribution in [0.4, 0.5) is 0 Å². The minimum absolute atomic E-state index is 0.0966. The number of hydrogen-bond acceptors (Lipinski definition) is 3. The number of hydrogen-bond donors (Lipinski definition) is 2. The maximum Gasteiger partial charge on any atom is 0.298 e. The van der Waals surface area contributed by atoms with E-state index in [0.29, 0.717) is 0 Å². The Kier molecular flexibility index (Phi) is 5.33. The Bertz CT molecular complexity index is 595. The standard InChI is InChI=1S/C17H23N3O2/c1-4-11(2)16(18)17(21)20-19-10-14-9-13-7-5-6-8-15(13)22-12(14)3/h5-12,16H,4,18H2,1-3H3,(H,20,21)/p+1/b19-10-/t11-,12+,16-/m1/s1. The fraction of sp³-hybridized carbons (Fsp3) is 0.412. The molecule has 5 heteroatoms. The van der Waals surface area contributed by atoms with Gasteiger partial charge in [0.25, 0.3) is 5.91 Å². The lowest BCUT2D eigenvalue weighted by atomic mass is 10.00. The number of para-hydroxylation sites is 1. The van der Waals surface area contributed by atoms with Crippen LogP contribution in [0, 0.1) is 5.92 Å². The molecule has 0 fully saturated rings. The molecule has 118 valence electrons.